The Morgan fingerprint density at radius 3 is 2.38 bits per heavy atom. The van der Waals surface area contributed by atoms with Crippen LogP contribution in [-0.2, 0) is 0 Å². The molecule has 3 nitrogen and oxygen atoms in total. The lowest BCUT2D eigenvalue weighted by Gasteiger charge is -2.17. The molecule has 1 unspecified atom stereocenters. The summed E-state index contributed by atoms with van der Waals surface area (Å²) in [5.74, 6) is 0.861. The summed E-state index contributed by atoms with van der Waals surface area (Å²) in [4.78, 5) is 0. The van der Waals surface area contributed by atoms with Gasteiger partial charge in [-0.3, -0.25) is 0 Å². The Morgan fingerprint density at radius 2 is 1.76 bits per heavy atom. The van der Waals surface area contributed by atoms with Crippen molar-refractivity contribution in [1.29, 1.82) is 0 Å². The first-order valence-electron chi connectivity index (χ1n) is 7.04. The fourth-order valence-corrected chi connectivity index (χ4v) is 2.28. The summed E-state index contributed by atoms with van der Waals surface area (Å²) in [6, 6.07) is 18.1. The average Bonchev–Trinajstić information content (AvgIpc) is 2.50. The lowest BCUT2D eigenvalue weighted by Crippen LogP contribution is -2.30. The van der Waals surface area contributed by atoms with Crippen LogP contribution in [0.5, 0.6) is 5.75 Å². The predicted molar refractivity (Wildman–Crippen MR) is 91.8 cm³/mol. The molecule has 0 fully saturated rings. The molecule has 1 atom stereocenters. The van der Waals surface area contributed by atoms with Crippen LogP contribution < -0.4 is 15.4 Å². The number of nitrogens with one attached hydrogen (secondary N) is 2. The van der Waals surface area contributed by atoms with Crippen LogP contribution in [0.1, 0.15) is 25.5 Å². The van der Waals surface area contributed by atoms with Crippen molar-refractivity contribution in [2.75, 3.05) is 11.9 Å². The summed E-state index contributed by atoms with van der Waals surface area (Å²) < 4.78 is 5.41. The first kappa shape index (κ1) is 15.3. The molecule has 0 spiro atoms. The molecule has 110 valence electrons. The van der Waals surface area contributed by atoms with Crippen molar-refractivity contribution in [3.8, 4) is 5.75 Å². The van der Waals surface area contributed by atoms with Crippen LogP contribution >= 0.6 is 12.2 Å². The molecular weight excluding hydrogens is 280 g/mol. The quantitative estimate of drug-likeness (QED) is 0.813. The Kier molecular flexibility index (Phi) is 5.58. The third-order valence-corrected chi connectivity index (χ3v) is 3.29. The van der Waals surface area contributed by atoms with E-state index < -0.39 is 0 Å². The van der Waals surface area contributed by atoms with E-state index in [2.05, 4.69) is 29.7 Å². The number of ether oxygens (including phenoxy) is 1. The van der Waals surface area contributed by atoms with Crippen molar-refractivity contribution in [2.45, 2.75) is 19.9 Å². The highest BCUT2D eigenvalue weighted by Gasteiger charge is 2.06. The molecule has 2 aromatic rings. The van der Waals surface area contributed by atoms with Gasteiger partial charge in [-0.2, -0.15) is 0 Å². The zero-order chi connectivity index (χ0) is 15.1. The van der Waals surface area contributed by atoms with E-state index in [1.54, 1.807) is 0 Å². The van der Waals surface area contributed by atoms with Gasteiger partial charge in [0.1, 0.15) is 5.75 Å². The van der Waals surface area contributed by atoms with Crippen molar-refractivity contribution in [2.24, 2.45) is 0 Å². The first-order valence-corrected chi connectivity index (χ1v) is 7.45. The van der Waals surface area contributed by atoms with E-state index in [1.807, 2.05) is 49.4 Å². The van der Waals surface area contributed by atoms with E-state index in [9.17, 15) is 0 Å². The monoisotopic (exact) mass is 300 g/mol. The van der Waals surface area contributed by atoms with Crippen LogP contribution in [0.2, 0.25) is 0 Å². The maximum atomic E-state index is 5.41. The van der Waals surface area contributed by atoms with E-state index in [-0.39, 0.29) is 6.04 Å². The summed E-state index contributed by atoms with van der Waals surface area (Å²) in [6.07, 6.45) is 0. The largest absolute Gasteiger partial charge is 0.494 e. The van der Waals surface area contributed by atoms with Gasteiger partial charge in [-0.25, -0.2) is 0 Å². The number of thiocarbonyl (C=S) groups is 1. The molecule has 2 aromatic carbocycles. The smallest absolute Gasteiger partial charge is 0.171 e. The molecule has 2 N–H and O–H groups in total. The lowest BCUT2D eigenvalue weighted by atomic mass is 10.1. The highest BCUT2D eigenvalue weighted by molar-refractivity contribution is 7.80. The average molecular weight is 300 g/mol. The van der Waals surface area contributed by atoms with Crippen molar-refractivity contribution >= 4 is 23.0 Å². The summed E-state index contributed by atoms with van der Waals surface area (Å²) in [6.45, 7) is 4.72. The lowest BCUT2D eigenvalue weighted by molar-refractivity contribution is 0.340. The van der Waals surface area contributed by atoms with Crippen LogP contribution in [0.25, 0.3) is 0 Å². The van der Waals surface area contributed by atoms with E-state index in [4.69, 9.17) is 17.0 Å². The zero-order valence-electron chi connectivity index (χ0n) is 12.3. The van der Waals surface area contributed by atoms with Gasteiger partial charge in [-0.15, -0.1) is 0 Å². The van der Waals surface area contributed by atoms with Crippen LogP contribution in [0.15, 0.2) is 54.6 Å². The van der Waals surface area contributed by atoms with Crippen molar-refractivity contribution in [1.82, 2.24) is 5.32 Å². The third kappa shape index (κ3) is 4.76. The van der Waals surface area contributed by atoms with Gasteiger partial charge in [0, 0.05) is 5.69 Å². The second kappa shape index (κ2) is 7.64. The van der Waals surface area contributed by atoms with Crippen molar-refractivity contribution < 1.29 is 4.74 Å². The number of hydrogen-bond donors (Lipinski definition) is 2. The summed E-state index contributed by atoms with van der Waals surface area (Å²) in [5.41, 5.74) is 2.14. The standard InChI is InChI=1S/C17H20N2OS/c1-3-20-16-11-9-15(10-12-16)19-17(21)18-13(2)14-7-5-4-6-8-14/h4-13H,3H2,1-2H3,(H2,18,19,21). The molecule has 0 aromatic heterocycles. The van der Waals surface area contributed by atoms with E-state index in [0.717, 1.165) is 11.4 Å². The van der Waals surface area contributed by atoms with Gasteiger partial charge in [-0.1, -0.05) is 30.3 Å². The van der Waals surface area contributed by atoms with Gasteiger partial charge in [0.15, 0.2) is 5.11 Å². The van der Waals surface area contributed by atoms with E-state index >= 15 is 0 Å². The Hall–Kier alpha value is -2.07. The molecule has 2 rings (SSSR count). The molecule has 0 bridgehead atoms. The van der Waals surface area contributed by atoms with Gasteiger partial charge in [0.2, 0.25) is 0 Å². The number of anilines is 1. The second-order valence-corrected chi connectivity index (χ2v) is 5.10. The highest BCUT2D eigenvalue weighted by Crippen LogP contribution is 2.16. The molecule has 0 saturated heterocycles. The molecule has 4 heteroatoms. The highest BCUT2D eigenvalue weighted by atomic mass is 32.1. The topological polar surface area (TPSA) is 33.3 Å². The Balaban J connectivity index is 1.89. The van der Waals surface area contributed by atoms with E-state index in [0.29, 0.717) is 11.7 Å². The maximum Gasteiger partial charge on any atom is 0.171 e. The SMILES string of the molecule is CCOc1ccc(NC(=S)NC(C)c2ccccc2)cc1. The molecule has 0 radical (unpaired) electrons. The van der Waals surface area contributed by atoms with Gasteiger partial charge in [0.05, 0.1) is 12.6 Å². The molecule has 0 aliphatic rings. The Bertz CT molecular complexity index is 569. The Labute approximate surface area is 131 Å². The minimum absolute atomic E-state index is 0.161. The van der Waals surface area contributed by atoms with Gasteiger partial charge < -0.3 is 15.4 Å². The molecular formula is C17H20N2OS. The fourth-order valence-electron chi connectivity index (χ4n) is 1.99. The van der Waals surface area contributed by atoms with Gasteiger partial charge >= 0.3 is 0 Å². The third-order valence-electron chi connectivity index (χ3n) is 3.07. The van der Waals surface area contributed by atoms with Crippen molar-refractivity contribution in [3.63, 3.8) is 0 Å². The fraction of sp³-hybridized carbons (Fsp3) is 0.235. The number of hydrogen-bond acceptors (Lipinski definition) is 2. The molecule has 0 heterocycles. The van der Waals surface area contributed by atoms with Crippen LogP contribution in [0.3, 0.4) is 0 Å². The minimum Gasteiger partial charge on any atom is -0.494 e. The minimum atomic E-state index is 0.161. The van der Waals surface area contributed by atoms with Crippen LogP contribution in [0, 0.1) is 0 Å². The second-order valence-electron chi connectivity index (χ2n) is 4.69. The van der Waals surface area contributed by atoms with E-state index in [1.165, 1.54) is 5.56 Å². The van der Waals surface area contributed by atoms with Gasteiger partial charge in [0.25, 0.3) is 0 Å². The Morgan fingerprint density at radius 1 is 1.10 bits per heavy atom. The predicted octanol–water partition coefficient (Wildman–Crippen LogP) is 4.13. The number of rotatable bonds is 5. The maximum absolute atomic E-state index is 5.41. The summed E-state index contributed by atoms with van der Waals surface area (Å²) in [5, 5.41) is 7.06. The van der Waals surface area contributed by atoms with Gasteiger partial charge in [-0.05, 0) is 55.9 Å². The normalized spacial score (nSPS) is 11.5. The summed E-state index contributed by atoms with van der Waals surface area (Å²) >= 11 is 5.34. The molecule has 21 heavy (non-hydrogen) atoms. The van der Waals surface area contributed by atoms with Crippen LogP contribution in [0.4, 0.5) is 5.69 Å². The zero-order valence-corrected chi connectivity index (χ0v) is 13.1. The van der Waals surface area contributed by atoms with Crippen LogP contribution in [-0.4, -0.2) is 11.7 Å². The molecule has 0 aliphatic carbocycles. The molecule has 0 aliphatic heterocycles. The first-order chi connectivity index (χ1) is 10.2. The molecule has 0 amide bonds. The molecule has 0 saturated carbocycles. The number of benzene rings is 2. The summed E-state index contributed by atoms with van der Waals surface area (Å²) in [7, 11) is 0. The van der Waals surface area contributed by atoms with Crippen molar-refractivity contribution in [3.05, 3.63) is 60.2 Å².